The highest BCUT2D eigenvalue weighted by Crippen LogP contribution is 2.40. The van der Waals surface area contributed by atoms with Crippen molar-refractivity contribution in [3.63, 3.8) is 0 Å². The lowest BCUT2D eigenvalue weighted by Crippen LogP contribution is -2.15. The molecule has 3 aromatic carbocycles. The number of fused-ring (bicyclic) bond motifs is 1. The SMILES string of the molecule is CCc1c(C)c2c(c(OS(=O)(=O)c3ccc(C)cc3)c1C/C=C/c1c(C)cccc1C(=O)OC)C(=O)OC2. The van der Waals surface area contributed by atoms with E-state index < -0.39 is 22.1 Å². The molecular formula is C30H30O7S. The molecule has 0 radical (unpaired) electrons. The van der Waals surface area contributed by atoms with Crippen molar-refractivity contribution < 1.29 is 31.7 Å². The van der Waals surface area contributed by atoms with Gasteiger partial charge in [0.2, 0.25) is 0 Å². The maximum Gasteiger partial charge on any atom is 0.342 e. The van der Waals surface area contributed by atoms with Crippen LogP contribution in [-0.2, 0) is 39.0 Å². The van der Waals surface area contributed by atoms with E-state index in [9.17, 15) is 18.0 Å². The number of ether oxygens (including phenoxy) is 2. The van der Waals surface area contributed by atoms with Crippen LogP contribution in [0.3, 0.4) is 0 Å². The molecule has 4 rings (SSSR count). The van der Waals surface area contributed by atoms with Gasteiger partial charge in [0.25, 0.3) is 0 Å². The fourth-order valence-corrected chi connectivity index (χ4v) is 5.73. The average molecular weight is 535 g/mol. The Bertz CT molecular complexity index is 1550. The van der Waals surface area contributed by atoms with Crippen molar-refractivity contribution >= 4 is 28.1 Å². The smallest absolute Gasteiger partial charge is 0.342 e. The van der Waals surface area contributed by atoms with Crippen LogP contribution < -0.4 is 4.18 Å². The first-order valence-corrected chi connectivity index (χ1v) is 13.7. The van der Waals surface area contributed by atoms with Crippen LogP contribution in [0.2, 0.25) is 0 Å². The van der Waals surface area contributed by atoms with E-state index >= 15 is 0 Å². The number of esters is 2. The highest BCUT2D eigenvalue weighted by molar-refractivity contribution is 7.87. The van der Waals surface area contributed by atoms with Gasteiger partial charge in [0.1, 0.15) is 17.1 Å². The standard InChI is InChI=1S/C30H30O7S/c1-6-22-20(4)26-17-36-30(32)27(26)28(37-38(33,34)21-15-13-18(2)14-16-21)24(22)11-8-10-23-19(3)9-7-12-25(23)29(31)35-5/h7-10,12-16H,6,11,17H2,1-5H3/b10-8+. The van der Waals surface area contributed by atoms with Gasteiger partial charge in [0.05, 0.1) is 12.7 Å². The van der Waals surface area contributed by atoms with Crippen molar-refractivity contribution in [3.8, 4) is 5.75 Å². The second-order valence-corrected chi connectivity index (χ2v) is 10.7. The number of carbonyl (C=O) groups is 2. The number of aryl methyl sites for hydroxylation is 2. The highest BCUT2D eigenvalue weighted by Gasteiger charge is 2.34. The number of carbonyl (C=O) groups excluding carboxylic acids is 2. The Hall–Kier alpha value is -3.91. The predicted octanol–water partition coefficient (Wildman–Crippen LogP) is 5.65. The molecule has 0 amide bonds. The number of allylic oxidation sites excluding steroid dienone is 1. The molecule has 0 aromatic heterocycles. The minimum Gasteiger partial charge on any atom is -0.465 e. The fraction of sp³-hybridized carbons (Fsp3) is 0.267. The van der Waals surface area contributed by atoms with Gasteiger partial charge in [-0.25, -0.2) is 9.59 Å². The van der Waals surface area contributed by atoms with Gasteiger partial charge in [-0.15, -0.1) is 0 Å². The van der Waals surface area contributed by atoms with Gasteiger partial charge in [0, 0.05) is 11.1 Å². The summed E-state index contributed by atoms with van der Waals surface area (Å²) in [5, 5.41) is 0. The van der Waals surface area contributed by atoms with E-state index in [4.69, 9.17) is 13.7 Å². The van der Waals surface area contributed by atoms with Crippen molar-refractivity contribution in [1.82, 2.24) is 0 Å². The number of cyclic esters (lactones) is 1. The Kier molecular flexibility index (Phi) is 7.73. The van der Waals surface area contributed by atoms with Gasteiger partial charge < -0.3 is 13.7 Å². The average Bonchev–Trinajstić information content (AvgIpc) is 3.28. The number of benzene rings is 3. The van der Waals surface area contributed by atoms with Gasteiger partial charge in [-0.2, -0.15) is 8.42 Å². The lowest BCUT2D eigenvalue weighted by atomic mass is 9.89. The maximum absolute atomic E-state index is 13.3. The van der Waals surface area contributed by atoms with Crippen LogP contribution in [0, 0.1) is 20.8 Å². The Morgan fingerprint density at radius 3 is 2.42 bits per heavy atom. The molecule has 0 unspecified atom stereocenters. The van der Waals surface area contributed by atoms with Gasteiger partial charge in [0.15, 0.2) is 5.75 Å². The van der Waals surface area contributed by atoms with E-state index in [0.717, 1.165) is 22.3 Å². The molecule has 198 valence electrons. The summed E-state index contributed by atoms with van der Waals surface area (Å²) in [5.74, 6) is -1.07. The monoisotopic (exact) mass is 534 g/mol. The van der Waals surface area contributed by atoms with Crippen molar-refractivity contribution in [2.24, 2.45) is 0 Å². The summed E-state index contributed by atoms with van der Waals surface area (Å²) in [5.41, 5.74) is 6.04. The Morgan fingerprint density at radius 2 is 1.76 bits per heavy atom. The molecule has 7 nitrogen and oxygen atoms in total. The van der Waals surface area contributed by atoms with E-state index in [1.807, 2.05) is 39.8 Å². The third-order valence-electron chi connectivity index (χ3n) is 6.82. The van der Waals surface area contributed by atoms with Crippen LogP contribution in [-0.4, -0.2) is 27.5 Å². The van der Waals surface area contributed by atoms with E-state index in [1.165, 1.54) is 19.2 Å². The molecule has 38 heavy (non-hydrogen) atoms. The molecule has 0 fully saturated rings. The second kappa shape index (κ2) is 10.8. The van der Waals surface area contributed by atoms with Crippen molar-refractivity contribution in [2.75, 3.05) is 7.11 Å². The first-order chi connectivity index (χ1) is 18.1. The summed E-state index contributed by atoms with van der Waals surface area (Å²) in [7, 11) is -2.90. The second-order valence-electron chi connectivity index (χ2n) is 9.18. The van der Waals surface area contributed by atoms with E-state index in [0.29, 0.717) is 28.7 Å². The summed E-state index contributed by atoms with van der Waals surface area (Å²) in [6, 6.07) is 11.7. The number of hydrogen-bond acceptors (Lipinski definition) is 7. The Balaban J connectivity index is 1.84. The zero-order valence-electron chi connectivity index (χ0n) is 22.1. The molecule has 1 aliphatic rings. The molecule has 0 bridgehead atoms. The van der Waals surface area contributed by atoms with Crippen LogP contribution >= 0.6 is 0 Å². The molecule has 0 aliphatic carbocycles. The minimum absolute atomic E-state index is 0.00634. The van der Waals surface area contributed by atoms with Gasteiger partial charge in [-0.05, 0) is 74.1 Å². The number of methoxy groups -OCH3 is 1. The van der Waals surface area contributed by atoms with Crippen LogP contribution in [0.1, 0.15) is 66.6 Å². The topological polar surface area (TPSA) is 96.0 Å². The Morgan fingerprint density at radius 1 is 1.05 bits per heavy atom. The van der Waals surface area contributed by atoms with Gasteiger partial charge in [-0.3, -0.25) is 0 Å². The number of rotatable bonds is 8. The summed E-state index contributed by atoms with van der Waals surface area (Å²) in [6.45, 7) is 7.69. The summed E-state index contributed by atoms with van der Waals surface area (Å²) in [6.07, 6.45) is 4.49. The Labute approximate surface area is 223 Å². The van der Waals surface area contributed by atoms with Crippen molar-refractivity contribution in [3.05, 3.63) is 98.6 Å². The van der Waals surface area contributed by atoms with E-state index in [2.05, 4.69) is 0 Å². The molecule has 0 atom stereocenters. The lowest BCUT2D eigenvalue weighted by Gasteiger charge is -2.19. The molecule has 0 saturated heterocycles. The normalized spacial score (nSPS) is 12.9. The molecule has 0 spiro atoms. The molecule has 8 heteroatoms. The minimum atomic E-state index is -4.23. The van der Waals surface area contributed by atoms with Crippen molar-refractivity contribution in [2.45, 2.75) is 52.0 Å². The quantitative estimate of drug-likeness (QED) is 0.272. The van der Waals surface area contributed by atoms with Crippen LogP contribution in [0.15, 0.2) is 53.4 Å². The van der Waals surface area contributed by atoms with Gasteiger partial charge in [-0.1, -0.05) is 48.9 Å². The lowest BCUT2D eigenvalue weighted by molar-refractivity contribution is 0.0532. The number of hydrogen-bond donors (Lipinski definition) is 0. The summed E-state index contributed by atoms with van der Waals surface area (Å²) < 4.78 is 42.6. The zero-order chi connectivity index (χ0) is 27.6. The molecule has 3 aromatic rings. The molecule has 1 heterocycles. The first-order valence-electron chi connectivity index (χ1n) is 12.3. The summed E-state index contributed by atoms with van der Waals surface area (Å²) >= 11 is 0. The predicted molar refractivity (Wildman–Crippen MR) is 144 cm³/mol. The van der Waals surface area contributed by atoms with Gasteiger partial charge >= 0.3 is 22.1 Å². The molecular weight excluding hydrogens is 504 g/mol. The third-order valence-corrected chi connectivity index (χ3v) is 8.05. The summed E-state index contributed by atoms with van der Waals surface area (Å²) in [4.78, 5) is 25.1. The largest absolute Gasteiger partial charge is 0.465 e. The highest BCUT2D eigenvalue weighted by atomic mass is 32.2. The fourth-order valence-electron chi connectivity index (χ4n) is 4.76. The van der Waals surface area contributed by atoms with Crippen LogP contribution in [0.4, 0.5) is 0 Å². The molecule has 0 saturated carbocycles. The van der Waals surface area contributed by atoms with Crippen LogP contribution in [0.5, 0.6) is 5.75 Å². The van der Waals surface area contributed by atoms with Crippen LogP contribution in [0.25, 0.3) is 6.08 Å². The van der Waals surface area contributed by atoms with E-state index in [1.54, 1.807) is 30.3 Å². The molecule has 0 N–H and O–H groups in total. The third kappa shape index (κ3) is 5.09. The molecule has 1 aliphatic heterocycles. The first kappa shape index (κ1) is 27.1. The maximum atomic E-state index is 13.3. The zero-order valence-corrected chi connectivity index (χ0v) is 22.9. The van der Waals surface area contributed by atoms with E-state index in [-0.39, 0.29) is 29.2 Å². The van der Waals surface area contributed by atoms with Crippen molar-refractivity contribution in [1.29, 1.82) is 0 Å².